The van der Waals surface area contributed by atoms with Crippen molar-refractivity contribution in [1.29, 1.82) is 0 Å². The number of aliphatic imine (C=N–C) groups is 1. The van der Waals surface area contributed by atoms with Gasteiger partial charge in [0.2, 0.25) is 5.91 Å². The van der Waals surface area contributed by atoms with E-state index in [-0.39, 0.29) is 5.91 Å². The second-order valence-corrected chi connectivity index (χ2v) is 6.26. The van der Waals surface area contributed by atoms with Crippen LogP contribution in [0.15, 0.2) is 4.99 Å². The number of nitrogens with one attached hydrogen (secondary N) is 2. The second-order valence-electron chi connectivity index (χ2n) is 6.26. The van der Waals surface area contributed by atoms with E-state index in [1.54, 1.807) is 7.05 Å². The molecule has 1 atom stereocenters. The Morgan fingerprint density at radius 1 is 1.18 bits per heavy atom. The van der Waals surface area contributed by atoms with Crippen LogP contribution in [0, 0.1) is 0 Å². The van der Waals surface area contributed by atoms with Crippen molar-refractivity contribution in [2.45, 2.75) is 71.3 Å². The van der Waals surface area contributed by atoms with Gasteiger partial charge in [0.25, 0.3) is 0 Å². The van der Waals surface area contributed by atoms with E-state index in [0.717, 1.165) is 38.3 Å². The number of hydrogen-bond acceptors (Lipinski definition) is 2. The smallest absolute Gasteiger partial charge is 0.241 e. The quantitative estimate of drug-likeness (QED) is 0.411. The third-order valence-electron chi connectivity index (χ3n) is 4.21. The van der Waals surface area contributed by atoms with Crippen LogP contribution in [0.2, 0.25) is 0 Å². The topological polar surface area (TPSA) is 56.7 Å². The van der Waals surface area contributed by atoms with Crippen LogP contribution in [-0.2, 0) is 4.79 Å². The first kappa shape index (κ1) is 18.8. The van der Waals surface area contributed by atoms with E-state index in [1.807, 2.05) is 4.90 Å². The molecule has 0 aromatic heterocycles. The molecule has 0 radical (unpaired) electrons. The molecule has 0 saturated carbocycles. The highest BCUT2D eigenvalue weighted by Gasteiger charge is 2.16. The van der Waals surface area contributed by atoms with E-state index in [2.05, 4.69) is 29.5 Å². The van der Waals surface area contributed by atoms with Gasteiger partial charge in [-0.15, -0.1) is 0 Å². The van der Waals surface area contributed by atoms with Gasteiger partial charge in [0, 0.05) is 26.2 Å². The lowest BCUT2D eigenvalue weighted by Crippen LogP contribution is -2.47. The largest absolute Gasteiger partial charge is 0.354 e. The first-order chi connectivity index (χ1) is 10.7. The Bertz CT molecular complexity index is 338. The average Bonchev–Trinajstić information content (AvgIpc) is 2.56. The van der Waals surface area contributed by atoms with E-state index in [1.165, 1.54) is 32.1 Å². The Morgan fingerprint density at radius 3 is 2.55 bits per heavy atom. The summed E-state index contributed by atoms with van der Waals surface area (Å²) in [6.45, 7) is 6.54. The molecule has 5 nitrogen and oxygen atoms in total. The highest BCUT2D eigenvalue weighted by Crippen LogP contribution is 2.08. The Morgan fingerprint density at radius 2 is 1.91 bits per heavy atom. The number of nitrogens with zero attached hydrogens (tertiary/aromatic N) is 2. The number of likely N-dealkylation sites (tertiary alicyclic amines) is 1. The molecule has 1 saturated heterocycles. The molecule has 0 aromatic carbocycles. The Balaban J connectivity index is 2.22. The number of amides is 1. The van der Waals surface area contributed by atoms with Gasteiger partial charge >= 0.3 is 0 Å². The van der Waals surface area contributed by atoms with Gasteiger partial charge in [0.05, 0.1) is 6.54 Å². The SMILES string of the molecule is CCCCCCC(C)NC(=NC)NCC(=O)N1CCCCC1. The molecule has 22 heavy (non-hydrogen) atoms. The van der Waals surface area contributed by atoms with Gasteiger partial charge in [-0.3, -0.25) is 9.79 Å². The highest BCUT2D eigenvalue weighted by atomic mass is 16.2. The predicted octanol–water partition coefficient (Wildman–Crippen LogP) is 2.52. The lowest BCUT2D eigenvalue weighted by molar-refractivity contribution is -0.130. The maximum atomic E-state index is 12.1. The minimum Gasteiger partial charge on any atom is -0.354 e. The van der Waals surface area contributed by atoms with Crippen molar-refractivity contribution in [1.82, 2.24) is 15.5 Å². The molecule has 1 heterocycles. The van der Waals surface area contributed by atoms with Crippen LogP contribution < -0.4 is 10.6 Å². The molecule has 0 aliphatic carbocycles. The second kappa shape index (κ2) is 11.3. The molecule has 1 aliphatic heterocycles. The van der Waals surface area contributed by atoms with E-state index >= 15 is 0 Å². The molecule has 1 aliphatic rings. The summed E-state index contributed by atoms with van der Waals surface area (Å²) in [5, 5.41) is 6.52. The zero-order valence-electron chi connectivity index (χ0n) is 14.7. The fourth-order valence-corrected chi connectivity index (χ4v) is 2.79. The maximum absolute atomic E-state index is 12.1. The summed E-state index contributed by atoms with van der Waals surface area (Å²) in [6.07, 6.45) is 9.76. The first-order valence-corrected chi connectivity index (χ1v) is 8.92. The molecule has 1 fully saturated rings. The van der Waals surface area contributed by atoms with E-state index in [4.69, 9.17) is 0 Å². The number of guanidine groups is 1. The van der Waals surface area contributed by atoms with Gasteiger partial charge in [0.15, 0.2) is 5.96 Å². The molecule has 5 heteroatoms. The van der Waals surface area contributed by atoms with Gasteiger partial charge < -0.3 is 15.5 Å². The molecule has 128 valence electrons. The average molecular weight is 310 g/mol. The summed E-state index contributed by atoms with van der Waals surface area (Å²) in [5.74, 6) is 0.909. The Hall–Kier alpha value is -1.26. The zero-order valence-corrected chi connectivity index (χ0v) is 14.7. The number of unbranched alkanes of at least 4 members (excludes halogenated alkanes) is 3. The van der Waals surface area contributed by atoms with Crippen molar-refractivity contribution in [3.8, 4) is 0 Å². The van der Waals surface area contributed by atoms with Crippen LogP contribution in [-0.4, -0.2) is 49.5 Å². The third-order valence-corrected chi connectivity index (χ3v) is 4.21. The lowest BCUT2D eigenvalue weighted by atomic mass is 10.1. The lowest BCUT2D eigenvalue weighted by Gasteiger charge is -2.27. The minimum atomic E-state index is 0.179. The Labute approximate surface area is 135 Å². The van der Waals surface area contributed by atoms with Crippen LogP contribution in [0.25, 0.3) is 0 Å². The highest BCUT2D eigenvalue weighted by molar-refractivity contribution is 5.86. The summed E-state index contributed by atoms with van der Waals surface area (Å²) < 4.78 is 0. The number of rotatable bonds is 8. The van der Waals surface area contributed by atoms with Gasteiger partial charge in [-0.05, 0) is 32.6 Å². The molecule has 1 rings (SSSR count). The summed E-state index contributed by atoms with van der Waals surface area (Å²) in [5.41, 5.74) is 0. The zero-order chi connectivity index (χ0) is 16.2. The van der Waals surface area contributed by atoms with Gasteiger partial charge in [-0.1, -0.05) is 32.6 Å². The van der Waals surface area contributed by atoms with Crippen LogP contribution in [0.1, 0.15) is 65.2 Å². The summed E-state index contributed by atoms with van der Waals surface area (Å²) in [4.78, 5) is 18.3. The number of carbonyl (C=O) groups is 1. The molecular formula is C17H34N4O. The first-order valence-electron chi connectivity index (χ1n) is 8.92. The van der Waals surface area contributed by atoms with Gasteiger partial charge in [-0.2, -0.15) is 0 Å². The summed E-state index contributed by atoms with van der Waals surface area (Å²) >= 11 is 0. The monoisotopic (exact) mass is 310 g/mol. The van der Waals surface area contributed by atoms with E-state index < -0.39 is 0 Å². The van der Waals surface area contributed by atoms with Crippen LogP contribution >= 0.6 is 0 Å². The number of carbonyl (C=O) groups excluding carboxylic acids is 1. The van der Waals surface area contributed by atoms with Gasteiger partial charge in [-0.25, -0.2) is 0 Å². The van der Waals surface area contributed by atoms with E-state index in [0.29, 0.717) is 12.6 Å². The van der Waals surface area contributed by atoms with Crippen molar-refractivity contribution in [2.24, 2.45) is 4.99 Å². The Kier molecular flexibility index (Phi) is 9.67. The van der Waals surface area contributed by atoms with Crippen molar-refractivity contribution < 1.29 is 4.79 Å². The van der Waals surface area contributed by atoms with Crippen molar-refractivity contribution in [3.05, 3.63) is 0 Å². The van der Waals surface area contributed by atoms with Crippen LogP contribution in [0.4, 0.5) is 0 Å². The minimum absolute atomic E-state index is 0.179. The standard InChI is InChI=1S/C17H34N4O/c1-4-5-6-8-11-15(2)20-17(18-3)19-14-16(22)21-12-9-7-10-13-21/h15H,4-14H2,1-3H3,(H2,18,19,20). The number of piperidine rings is 1. The maximum Gasteiger partial charge on any atom is 0.241 e. The molecule has 0 spiro atoms. The summed E-state index contributed by atoms with van der Waals surface area (Å²) in [6, 6.07) is 0.383. The fraction of sp³-hybridized carbons (Fsp3) is 0.882. The van der Waals surface area contributed by atoms with Crippen molar-refractivity contribution >= 4 is 11.9 Å². The summed E-state index contributed by atoms with van der Waals surface area (Å²) in [7, 11) is 1.75. The molecule has 0 aromatic rings. The fourth-order valence-electron chi connectivity index (χ4n) is 2.79. The molecular weight excluding hydrogens is 276 g/mol. The third kappa shape index (κ3) is 7.66. The molecule has 1 amide bonds. The van der Waals surface area contributed by atoms with Crippen molar-refractivity contribution in [2.75, 3.05) is 26.7 Å². The van der Waals surface area contributed by atoms with E-state index in [9.17, 15) is 4.79 Å². The number of hydrogen-bond donors (Lipinski definition) is 2. The van der Waals surface area contributed by atoms with Crippen LogP contribution in [0.3, 0.4) is 0 Å². The molecule has 1 unspecified atom stereocenters. The normalized spacial score (nSPS) is 17.2. The van der Waals surface area contributed by atoms with Gasteiger partial charge in [0.1, 0.15) is 0 Å². The molecule has 2 N–H and O–H groups in total. The van der Waals surface area contributed by atoms with Crippen LogP contribution in [0.5, 0.6) is 0 Å². The predicted molar refractivity (Wildman–Crippen MR) is 93.1 cm³/mol. The van der Waals surface area contributed by atoms with Crippen molar-refractivity contribution in [3.63, 3.8) is 0 Å². The molecule has 0 bridgehead atoms.